The van der Waals surface area contributed by atoms with Crippen LogP contribution in [0.15, 0.2) is 23.4 Å². The van der Waals surface area contributed by atoms with Crippen molar-refractivity contribution in [2.24, 2.45) is 5.73 Å². The summed E-state index contributed by atoms with van der Waals surface area (Å²) in [5, 5.41) is -0.569. The third-order valence-electron chi connectivity index (χ3n) is 2.11. The highest BCUT2D eigenvalue weighted by Crippen LogP contribution is 2.09. The molecule has 0 aliphatic heterocycles. The van der Waals surface area contributed by atoms with Crippen molar-refractivity contribution in [3.63, 3.8) is 0 Å². The van der Waals surface area contributed by atoms with Crippen LogP contribution in [0.4, 0.5) is 4.39 Å². The van der Waals surface area contributed by atoms with Gasteiger partial charge in [0.1, 0.15) is 0 Å². The van der Waals surface area contributed by atoms with Gasteiger partial charge in [-0.15, -0.1) is 0 Å². The number of pyridine rings is 1. The fourth-order valence-electron chi connectivity index (χ4n) is 1.27. The molecule has 0 aliphatic rings. The highest BCUT2D eigenvalue weighted by Gasteiger charge is 2.19. The van der Waals surface area contributed by atoms with Gasteiger partial charge in [-0.2, -0.15) is 0 Å². The number of halogens is 1. The molecule has 0 saturated carbocycles. The molecule has 0 aromatic carbocycles. The van der Waals surface area contributed by atoms with E-state index in [1.54, 1.807) is 0 Å². The Bertz CT molecular complexity index is 462. The van der Waals surface area contributed by atoms with E-state index in [9.17, 15) is 12.8 Å². The van der Waals surface area contributed by atoms with Gasteiger partial charge in [0.15, 0.2) is 5.82 Å². The Kier molecular flexibility index (Phi) is 4.98. The molecule has 1 atom stereocenters. The Labute approximate surface area is 100 Å². The highest BCUT2D eigenvalue weighted by atomic mass is 32.2. The zero-order valence-corrected chi connectivity index (χ0v) is 10.4. The van der Waals surface area contributed by atoms with Crippen LogP contribution in [0.1, 0.15) is 19.8 Å². The maximum Gasteiger partial charge on any atom is 0.261 e. The van der Waals surface area contributed by atoms with Gasteiger partial charge in [-0.25, -0.2) is 22.5 Å². The first-order valence-corrected chi connectivity index (χ1v) is 6.77. The van der Waals surface area contributed by atoms with Crippen molar-refractivity contribution >= 4 is 10.0 Å². The Balaban J connectivity index is 2.61. The van der Waals surface area contributed by atoms with E-state index < -0.39 is 20.9 Å². The van der Waals surface area contributed by atoms with Crippen LogP contribution in [0.2, 0.25) is 0 Å². The van der Waals surface area contributed by atoms with Gasteiger partial charge in [-0.1, -0.05) is 0 Å². The molecular formula is C10H16FN3O2S. The zero-order valence-electron chi connectivity index (χ0n) is 9.56. The minimum atomic E-state index is -3.87. The first-order chi connectivity index (χ1) is 7.93. The summed E-state index contributed by atoms with van der Waals surface area (Å²) in [7, 11) is -3.87. The average molecular weight is 261 g/mol. The molecule has 0 amide bonds. The molecule has 17 heavy (non-hydrogen) atoms. The lowest BCUT2D eigenvalue weighted by molar-refractivity contribution is 0.539. The van der Waals surface area contributed by atoms with Crippen molar-refractivity contribution < 1.29 is 12.8 Å². The lowest BCUT2D eigenvalue weighted by Crippen LogP contribution is -2.27. The van der Waals surface area contributed by atoms with Crippen LogP contribution in [0.3, 0.4) is 0 Å². The second-order valence-corrected chi connectivity index (χ2v) is 5.49. The van der Waals surface area contributed by atoms with E-state index in [2.05, 4.69) is 9.71 Å². The number of nitrogens with two attached hydrogens (primary N) is 1. The van der Waals surface area contributed by atoms with Gasteiger partial charge >= 0.3 is 0 Å². The minimum Gasteiger partial charge on any atom is -0.328 e. The minimum absolute atomic E-state index is 0.0195. The summed E-state index contributed by atoms with van der Waals surface area (Å²) >= 11 is 0. The highest BCUT2D eigenvalue weighted by molar-refractivity contribution is 7.89. The van der Waals surface area contributed by atoms with Crippen molar-refractivity contribution in [3.05, 3.63) is 24.1 Å². The lowest BCUT2D eigenvalue weighted by atomic mass is 10.2. The molecule has 96 valence electrons. The Morgan fingerprint density at radius 3 is 2.88 bits per heavy atom. The first-order valence-electron chi connectivity index (χ1n) is 5.29. The van der Waals surface area contributed by atoms with Crippen molar-refractivity contribution in [1.82, 2.24) is 9.71 Å². The molecule has 3 N–H and O–H groups in total. The van der Waals surface area contributed by atoms with E-state index in [1.165, 1.54) is 12.3 Å². The van der Waals surface area contributed by atoms with Gasteiger partial charge in [-0.05, 0) is 31.9 Å². The molecule has 1 aromatic rings. The fraction of sp³-hybridized carbons (Fsp3) is 0.500. The van der Waals surface area contributed by atoms with Crippen LogP contribution in [0.5, 0.6) is 0 Å². The molecular weight excluding hydrogens is 245 g/mol. The number of hydrogen-bond donors (Lipinski definition) is 2. The van der Waals surface area contributed by atoms with Crippen LogP contribution < -0.4 is 10.5 Å². The predicted octanol–water partition coefficient (Wildman–Crippen LogP) is 0.626. The monoisotopic (exact) mass is 261 g/mol. The van der Waals surface area contributed by atoms with Gasteiger partial charge in [0, 0.05) is 18.8 Å². The topological polar surface area (TPSA) is 85.1 Å². The van der Waals surface area contributed by atoms with Crippen LogP contribution in [0, 0.1) is 5.82 Å². The van der Waals surface area contributed by atoms with E-state index >= 15 is 0 Å². The third kappa shape index (κ3) is 4.37. The number of nitrogens with one attached hydrogen (secondary N) is 1. The largest absolute Gasteiger partial charge is 0.328 e. The Morgan fingerprint density at radius 2 is 2.29 bits per heavy atom. The third-order valence-corrected chi connectivity index (χ3v) is 3.50. The summed E-state index contributed by atoms with van der Waals surface area (Å²) < 4.78 is 38.8. The standard InChI is InChI=1S/C10H16FN3O2S/c1-8(12)4-2-7-14-17(15,16)10-9(11)5-3-6-13-10/h3,5-6,8,14H,2,4,7,12H2,1H3. The molecule has 1 heterocycles. The summed E-state index contributed by atoms with van der Waals surface area (Å²) in [5.41, 5.74) is 5.53. The second-order valence-electron chi connectivity index (χ2n) is 3.81. The molecule has 0 bridgehead atoms. The van der Waals surface area contributed by atoms with E-state index in [-0.39, 0.29) is 12.6 Å². The van der Waals surface area contributed by atoms with E-state index in [1.807, 2.05) is 6.92 Å². The van der Waals surface area contributed by atoms with Crippen LogP contribution in [-0.4, -0.2) is 26.0 Å². The second kappa shape index (κ2) is 6.04. The maximum atomic E-state index is 13.2. The van der Waals surface area contributed by atoms with Gasteiger partial charge in [0.05, 0.1) is 0 Å². The van der Waals surface area contributed by atoms with Gasteiger partial charge in [0.2, 0.25) is 5.03 Å². The quantitative estimate of drug-likeness (QED) is 0.735. The summed E-state index contributed by atoms with van der Waals surface area (Å²) in [6, 6.07) is 2.42. The van der Waals surface area contributed by atoms with E-state index in [0.29, 0.717) is 12.8 Å². The molecule has 1 unspecified atom stereocenters. The van der Waals surface area contributed by atoms with Crippen LogP contribution >= 0.6 is 0 Å². The summed E-state index contributed by atoms with van der Waals surface area (Å²) in [6.07, 6.45) is 2.54. The maximum absolute atomic E-state index is 13.2. The smallest absolute Gasteiger partial charge is 0.261 e. The Morgan fingerprint density at radius 1 is 1.59 bits per heavy atom. The number of hydrogen-bond acceptors (Lipinski definition) is 4. The number of sulfonamides is 1. The van der Waals surface area contributed by atoms with E-state index in [0.717, 1.165) is 6.07 Å². The van der Waals surface area contributed by atoms with Gasteiger partial charge in [0.25, 0.3) is 10.0 Å². The molecule has 0 radical (unpaired) electrons. The number of nitrogens with zero attached hydrogens (tertiary/aromatic N) is 1. The van der Waals surface area contributed by atoms with Crippen molar-refractivity contribution in [2.75, 3.05) is 6.54 Å². The number of rotatable bonds is 6. The number of aromatic nitrogens is 1. The lowest BCUT2D eigenvalue weighted by Gasteiger charge is -2.07. The van der Waals surface area contributed by atoms with Crippen LogP contribution in [-0.2, 0) is 10.0 Å². The summed E-state index contributed by atoms with van der Waals surface area (Å²) in [5.74, 6) is -0.854. The summed E-state index contributed by atoms with van der Waals surface area (Å²) in [6.45, 7) is 2.06. The fourth-order valence-corrected chi connectivity index (χ4v) is 2.34. The van der Waals surface area contributed by atoms with Crippen molar-refractivity contribution in [3.8, 4) is 0 Å². The first kappa shape index (κ1) is 14.0. The molecule has 1 aromatic heterocycles. The zero-order chi connectivity index (χ0) is 12.9. The normalized spacial score (nSPS) is 13.6. The molecule has 5 nitrogen and oxygen atoms in total. The Hall–Kier alpha value is -1.05. The molecule has 0 saturated heterocycles. The van der Waals surface area contributed by atoms with Crippen molar-refractivity contribution in [2.45, 2.75) is 30.8 Å². The molecule has 0 aliphatic carbocycles. The van der Waals surface area contributed by atoms with Gasteiger partial charge < -0.3 is 5.73 Å². The predicted molar refractivity (Wildman–Crippen MR) is 62.3 cm³/mol. The van der Waals surface area contributed by atoms with Gasteiger partial charge in [-0.3, -0.25) is 0 Å². The summed E-state index contributed by atoms with van der Waals surface area (Å²) in [4.78, 5) is 3.51. The van der Waals surface area contributed by atoms with Crippen molar-refractivity contribution in [1.29, 1.82) is 0 Å². The molecule has 1 rings (SSSR count). The molecule has 7 heteroatoms. The SMILES string of the molecule is CC(N)CCCNS(=O)(=O)c1ncccc1F. The molecule has 0 fully saturated rings. The molecule has 0 spiro atoms. The average Bonchev–Trinajstić information content (AvgIpc) is 2.24. The van der Waals surface area contributed by atoms with Crippen LogP contribution in [0.25, 0.3) is 0 Å². The van der Waals surface area contributed by atoms with E-state index in [4.69, 9.17) is 5.73 Å².